The van der Waals surface area contributed by atoms with Gasteiger partial charge in [-0.2, -0.15) is 5.10 Å². The van der Waals surface area contributed by atoms with E-state index in [1.165, 1.54) is 5.56 Å². The number of nitrogens with zero attached hydrogens (tertiary/aromatic N) is 2. The number of carbonyl (C=O) groups excluding carboxylic acids is 1. The molecule has 0 atom stereocenters. The number of aromatic nitrogens is 2. The maximum Gasteiger partial charge on any atom is 0.272 e. The molecule has 0 aliphatic heterocycles. The zero-order chi connectivity index (χ0) is 15.5. The molecule has 0 radical (unpaired) electrons. The summed E-state index contributed by atoms with van der Waals surface area (Å²) in [5.74, 6) is -0.153. The van der Waals surface area contributed by atoms with Crippen LogP contribution in [-0.4, -0.2) is 15.7 Å². The third-order valence-electron chi connectivity index (χ3n) is 3.42. The third-order valence-corrected chi connectivity index (χ3v) is 4.31. The van der Waals surface area contributed by atoms with Crippen molar-refractivity contribution in [3.05, 3.63) is 64.7 Å². The lowest BCUT2D eigenvalue weighted by Crippen LogP contribution is -2.23. The molecule has 0 aliphatic carbocycles. The van der Waals surface area contributed by atoms with Gasteiger partial charge in [-0.25, -0.2) is 0 Å². The van der Waals surface area contributed by atoms with E-state index in [1.807, 2.05) is 55.7 Å². The first-order valence-electron chi connectivity index (χ1n) is 7.05. The van der Waals surface area contributed by atoms with Crippen LogP contribution < -0.4 is 5.32 Å². The zero-order valence-corrected chi connectivity index (χ0v) is 13.4. The van der Waals surface area contributed by atoms with Gasteiger partial charge in [0, 0.05) is 13.6 Å². The lowest BCUT2D eigenvalue weighted by atomic mass is 10.1. The number of hydrogen-bond acceptors (Lipinski definition) is 3. The second kappa shape index (κ2) is 6.15. The van der Waals surface area contributed by atoms with Crippen molar-refractivity contribution in [3.8, 4) is 10.6 Å². The summed E-state index contributed by atoms with van der Waals surface area (Å²) in [4.78, 5) is 13.4. The van der Waals surface area contributed by atoms with Crippen LogP contribution in [0.4, 0.5) is 0 Å². The van der Waals surface area contributed by atoms with Crippen LogP contribution in [-0.2, 0) is 13.6 Å². The van der Waals surface area contributed by atoms with Gasteiger partial charge in [0.15, 0.2) is 5.69 Å². The third kappa shape index (κ3) is 3.09. The Morgan fingerprint density at radius 2 is 2.14 bits per heavy atom. The van der Waals surface area contributed by atoms with Crippen LogP contribution in [0.1, 0.15) is 21.6 Å². The van der Waals surface area contributed by atoms with Crippen molar-refractivity contribution >= 4 is 17.2 Å². The van der Waals surface area contributed by atoms with E-state index in [1.54, 1.807) is 16.0 Å². The summed E-state index contributed by atoms with van der Waals surface area (Å²) in [6.45, 7) is 2.54. The maximum absolute atomic E-state index is 12.3. The molecule has 3 rings (SSSR count). The van der Waals surface area contributed by atoms with Gasteiger partial charge >= 0.3 is 0 Å². The molecule has 0 saturated carbocycles. The predicted octanol–water partition coefficient (Wildman–Crippen LogP) is 3.39. The van der Waals surface area contributed by atoms with Crippen molar-refractivity contribution < 1.29 is 4.79 Å². The summed E-state index contributed by atoms with van der Waals surface area (Å²) in [5, 5.41) is 9.24. The molecule has 0 aliphatic rings. The molecule has 22 heavy (non-hydrogen) atoms. The Hall–Kier alpha value is -2.40. The molecule has 0 fully saturated rings. The van der Waals surface area contributed by atoms with Crippen molar-refractivity contribution in [2.75, 3.05) is 0 Å². The highest BCUT2D eigenvalue weighted by Crippen LogP contribution is 2.24. The fourth-order valence-corrected chi connectivity index (χ4v) is 3.10. The van der Waals surface area contributed by atoms with Gasteiger partial charge in [-0.1, -0.05) is 35.9 Å². The number of carbonyl (C=O) groups is 1. The van der Waals surface area contributed by atoms with Crippen LogP contribution >= 0.6 is 11.3 Å². The van der Waals surface area contributed by atoms with Crippen molar-refractivity contribution in [2.45, 2.75) is 13.5 Å². The van der Waals surface area contributed by atoms with Gasteiger partial charge in [0.25, 0.3) is 5.91 Å². The fourth-order valence-electron chi connectivity index (χ4n) is 2.33. The van der Waals surface area contributed by atoms with E-state index in [9.17, 15) is 4.79 Å². The van der Waals surface area contributed by atoms with Crippen LogP contribution in [0.15, 0.2) is 47.8 Å². The molecule has 2 heterocycles. The molecule has 1 amide bonds. The first-order chi connectivity index (χ1) is 10.6. The summed E-state index contributed by atoms with van der Waals surface area (Å²) >= 11 is 1.63. The van der Waals surface area contributed by atoms with Crippen LogP contribution in [0.3, 0.4) is 0 Å². The van der Waals surface area contributed by atoms with E-state index in [0.29, 0.717) is 12.2 Å². The molecule has 0 saturated heterocycles. The number of aryl methyl sites for hydroxylation is 2. The Morgan fingerprint density at radius 3 is 2.86 bits per heavy atom. The molecule has 0 spiro atoms. The zero-order valence-electron chi connectivity index (χ0n) is 12.5. The SMILES string of the molecule is Cc1cccc(CNC(=O)c2cc(-c3cccs3)n(C)n2)c1. The molecule has 4 nitrogen and oxygen atoms in total. The van der Waals surface area contributed by atoms with Crippen LogP contribution in [0.5, 0.6) is 0 Å². The topological polar surface area (TPSA) is 46.9 Å². The Morgan fingerprint density at radius 1 is 1.27 bits per heavy atom. The smallest absolute Gasteiger partial charge is 0.272 e. The minimum Gasteiger partial charge on any atom is -0.347 e. The molecule has 112 valence electrons. The molecule has 0 unspecified atom stereocenters. The van der Waals surface area contributed by atoms with E-state index in [0.717, 1.165) is 16.1 Å². The molecule has 3 aromatic rings. The highest BCUT2D eigenvalue weighted by molar-refractivity contribution is 7.13. The fraction of sp³-hybridized carbons (Fsp3) is 0.176. The monoisotopic (exact) mass is 311 g/mol. The number of thiophene rings is 1. The van der Waals surface area contributed by atoms with Crippen molar-refractivity contribution in [2.24, 2.45) is 7.05 Å². The Labute approximate surface area is 133 Å². The summed E-state index contributed by atoms with van der Waals surface area (Å²) in [6, 6.07) is 13.9. The van der Waals surface area contributed by atoms with Crippen molar-refractivity contribution in [1.29, 1.82) is 0 Å². The lowest BCUT2D eigenvalue weighted by molar-refractivity contribution is 0.0945. The van der Waals surface area contributed by atoms with Gasteiger partial charge in [-0.05, 0) is 30.0 Å². The molecule has 1 N–H and O–H groups in total. The molecule has 0 bridgehead atoms. The average Bonchev–Trinajstić information content (AvgIpc) is 3.14. The Kier molecular flexibility index (Phi) is 4.06. The Bertz CT molecular complexity index is 790. The first-order valence-corrected chi connectivity index (χ1v) is 7.93. The number of rotatable bonds is 4. The van der Waals surface area contributed by atoms with Gasteiger partial charge in [0.05, 0.1) is 10.6 Å². The van der Waals surface area contributed by atoms with Gasteiger partial charge in [-0.3, -0.25) is 9.48 Å². The number of amides is 1. The van der Waals surface area contributed by atoms with Crippen molar-refractivity contribution in [3.63, 3.8) is 0 Å². The van der Waals surface area contributed by atoms with Crippen LogP contribution in [0.25, 0.3) is 10.6 Å². The summed E-state index contributed by atoms with van der Waals surface area (Å²) in [6.07, 6.45) is 0. The van der Waals surface area contributed by atoms with Gasteiger partial charge in [0.2, 0.25) is 0 Å². The van der Waals surface area contributed by atoms with E-state index in [-0.39, 0.29) is 5.91 Å². The van der Waals surface area contributed by atoms with Crippen LogP contribution in [0.2, 0.25) is 0 Å². The molecule has 5 heteroatoms. The minimum absolute atomic E-state index is 0.153. The Balaban J connectivity index is 1.72. The lowest BCUT2D eigenvalue weighted by Gasteiger charge is -2.04. The number of nitrogens with one attached hydrogen (secondary N) is 1. The van der Waals surface area contributed by atoms with E-state index in [4.69, 9.17) is 0 Å². The second-order valence-electron chi connectivity index (χ2n) is 5.19. The quantitative estimate of drug-likeness (QED) is 0.803. The van der Waals surface area contributed by atoms with Crippen molar-refractivity contribution in [1.82, 2.24) is 15.1 Å². The van der Waals surface area contributed by atoms with Gasteiger partial charge < -0.3 is 5.32 Å². The van der Waals surface area contributed by atoms with E-state index < -0.39 is 0 Å². The largest absolute Gasteiger partial charge is 0.347 e. The number of benzene rings is 1. The summed E-state index contributed by atoms with van der Waals surface area (Å²) in [7, 11) is 1.85. The first kappa shape index (κ1) is 14.5. The predicted molar refractivity (Wildman–Crippen MR) is 88.9 cm³/mol. The second-order valence-corrected chi connectivity index (χ2v) is 6.14. The normalized spacial score (nSPS) is 10.6. The van der Waals surface area contributed by atoms with Gasteiger partial charge in [-0.15, -0.1) is 11.3 Å². The highest BCUT2D eigenvalue weighted by atomic mass is 32.1. The molecular formula is C17H17N3OS. The molecule has 1 aromatic carbocycles. The minimum atomic E-state index is -0.153. The summed E-state index contributed by atoms with van der Waals surface area (Å²) in [5.41, 5.74) is 3.67. The highest BCUT2D eigenvalue weighted by Gasteiger charge is 2.14. The van der Waals surface area contributed by atoms with Crippen LogP contribution in [0, 0.1) is 6.92 Å². The molecular weight excluding hydrogens is 294 g/mol. The van der Waals surface area contributed by atoms with E-state index in [2.05, 4.69) is 16.5 Å². The standard InChI is InChI=1S/C17H17N3OS/c1-12-5-3-6-13(9-12)11-18-17(21)14-10-15(20(2)19-14)16-7-4-8-22-16/h3-10H,11H2,1-2H3,(H,18,21). The molecule has 2 aromatic heterocycles. The number of hydrogen-bond donors (Lipinski definition) is 1. The summed E-state index contributed by atoms with van der Waals surface area (Å²) < 4.78 is 1.74. The maximum atomic E-state index is 12.3. The average molecular weight is 311 g/mol. The van der Waals surface area contributed by atoms with E-state index >= 15 is 0 Å². The van der Waals surface area contributed by atoms with Gasteiger partial charge in [0.1, 0.15) is 0 Å².